The highest BCUT2D eigenvalue weighted by atomic mass is 79.9. The van der Waals surface area contributed by atoms with Crippen molar-refractivity contribution in [1.29, 1.82) is 0 Å². The highest BCUT2D eigenvalue weighted by Crippen LogP contribution is 2.26. The summed E-state index contributed by atoms with van der Waals surface area (Å²) in [6, 6.07) is 6.42. The number of ether oxygens (including phenoxy) is 1. The second-order valence-corrected chi connectivity index (χ2v) is 5.52. The maximum Gasteiger partial charge on any atom is 0.128 e. The van der Waals surface area contributed by atoms with Gasteiger partial charge in [-0.1, -0.05) is 15.9 Å². The third-order valence-electron chi connectivity index (χ3n) is 3.44. The number of fused-ring (bicyclic) bond motifs is 1. The Kier molecular flexibility index (Phi) is 3.57. The molecule has 1 aromatic carbocycles. The van der Waals surface area contributed by atoms with Crippen LogP contribution in [0.25, 0.3) is 0 Å². The number of benzene rings is 1. The number of nitrogens with zero attached hydrogens (tertiary/aromatic N) is 3. The largest absolute Gasteiger partial charge is 0.380 e. The zero-order chi connectivity index (χ0) is 13.2. The van der Waals surface area contributed by atoms with Gasteiger partial charge in [0.1, 0.15) is 5.82 Å². The Morgan fingerprint density at radius 1 is 1.37 bits per heavy atom. The number of methoxy groups -OCH3 is 1. The molecule has 100 valence electrons. The minimum atomic E-state index is 0.622. The van der Waals surface area contributed by atoms with Crippen LogP contribution in [0.2, 0.25) is 0 Å². The van der Waals surface area contributed by atoms with E-state index in [1.807, 2.05) is 12.4 Å². The molecule has 0 saturated carbocycles. The first-order valence-electron chi connectivity index (χ1n) is 6.30. The lowest BCUT2D eigenvalue weighted by atomic mass is 10.2. The van der Waals surface area contributed by atoms with Crippen molar-refractivity contribution in [3.63, 3.8) is 0 Å². The Morgan fingerprint density at radius 3 is 3.11 bits per heavy atom. The minimum Gasteiger partial charge on any atom is -0.380 e. The first kappa shape index (κ1) is 12.7. The topological polar surface area (TPSA) is 30.3 Å². The van der Waals surface area contributed by atoms with E-state index in [4.69, 9.17) is 4.74 Å². The molecule has 0 bridgehead atoms. The molecule has 0 atom stereocenters. The van der Waals surface area contributed by atoms with Crippen molar-refractivity contribution >= 4 is 21.6 Å². The van der Waals surface area contributed by atoms with Gasteiger partial charge in [0.2, 0.25) is 0 Å². The van der Waals surface area contributed by atoms with E-state index < -0.39 is 0 Å². The maximum absolute atomic E-state index is 5.23. The van der Waals surface area contributed by atoms with Gasteiger partial charge < -0.3 is 14.2 Å². The van der Waals surface area contributed by atoms with Crippen LogP contribution in [0.4, 0.5) is 5.69 Å². The normalized spacial score (nSPS) is 14.5. The molecule has 0 spiro atoms. The van der Waals surface area contributed by atoms with Crippen LogP contribution in [0.15, 0.2) is 35.1 Å². The van der Waals surface area contributed by atoms with Gasteiger partial charge in [0.05, 0.1) is 13.2 Å². The predicted octanol–water partition coefficient (Wildman–Crippen LogP) is 2.81. The van der Waals surface area contributed by atoms with E-state index in [0.717, 1.165) is 29.9 Å². The number of halogens is 1. The van der Waals surface area contributed by atoms with Gasteiger partial charge in [-0.2, -0.15) is 0 Å². The summed E-state index contributed by atoms with van der Waals surface area (Å²) in [7, 11) is 1.72. The Labute approximate surface area is 121 Å². The summed E-state index contributed by atoms with van der Waals surface area (Å²) < 4.78 is 8.54. The summed E-state index contributed by atoms with van der Waals surface area (Å²) in [6.07, 6.45) is 3.92. The van der Waals surface area contributed by atoms with Crippen LogP contribution < -0.4 is 4.90 Å². The lowest BCUT2D eigenvalue weighted by Gasteiger charge is -2.30. The summed E-state index contributed by atoms with van der Waals surface area (Å²) in [5, 5.41) is 0. The average Bonchev–Trinajstić information content (AvgIpc) is 2.89. The molecule has 5 heteroatoms. The lowest BCUT2D eigenvalue weighted by molar-refractivity contribution is 0.184. The van der Waals surface area contributed by atoms with E-state index in [1.54, 1.807) is 7.11 Å². The number of anilines is 1. The van der Waals surface area contributed by atoms with Crippen molar-refractivity contribution in [1.82, 2.24) is 9.55 Å². The molecule has 3 rings (SSSR count). The number of imidazole rings is 1. The Balaban J connectivity index is 1.85. The molecule has 0 amide bonds. The Hall–Kier alpha value is -1.33. The van der Waals surface area contributed by atoms with Gasteiger partial charge in [-0.3, -0.25) is 0 Å². The van der Waals surface area contributed by atoms with Crippen molar-refractivity contribution < 1.29 is 4.74 Å². The highest BCUT2D eigenvalue weighted by molar-refractivity contribution is 9.10. The number of hydrogen-bond donors (Lipinski definition) is 0. The molecular formula is C14H16BrN3O. The smallest absolute Gasteiger partial charge is 0.128 e. The van der Waals surface area contributed by atoms with Crippen LogP contribution in [0.3, 0.4) is 0 Å². The fourth-order valence-corrected chi connectivity index (χ4v) is 2.78. The number of aromatic nitrogens is 2. The van der Waals surface area contributed by atoms with Crippen molar-refractivity contribution in [2.45, 2.75) is 19.7 Å². The van der Waals surface area contributed by atoms with E-state index in [-0.39, 0.29) is 0 Å². The van der Waals surface area contributed by atoms with Gasteiger partial charge in [0.25, 0.3) is 0 Å². The van der Waals surface area contributed by atoms with E-state index in [2.05, 4.69) is 48.6 Å². The van der Waals surface area contributed by atoms with Crippen LogP contribution in [0.1, 0.15) is 11.4 Å². The summed E-state index contributed by atoms with van der Waals surface area (Å²) in [5.41, 5.74) is 2.40. The average molecular weight is 322 g/mol. The molecule has 2 aromatic rings. The molecule has 1 aliphatic heterocycles. The molecule has 0 aliphatic carbocycles. The van der Waals surface area contributed by atoms with E-state index in [0.29, 0.717) is 6.61 Å². The fraction of sp³-hybridized carbons (Fsp3) is 0.357. The van der Waals surface area contributed by atoms with E-state index in [9.17, 15) is 0 Å². The third kappa shape index (κ3) is 2.53. The molecular weight excluding hydrogens is 306 g/mol. The van der Waals surface area contributed by atoms with Crippen LogP contribution in [0.5, 0.6) is 0 Å². The van der Waals surface area contributed by atoms with Gasteiger partial charge in [-0.05, 0) is 23.8 Å². The van der Waals surface area contributed by atoms with Crippen LogP contribution in [-0.2, 0) is 24.4 Å². The SMILES string of the molecule is COCc1cc(N2CCn3ccnc3C2)ccc1Br. The molecule has 0 saturated heterocycles. The molecule has 0 unspecified atom stereocenters. The molecule has 19 heavy (non-hydrogen) atoms. The van der Waals surface area contributed by atoms with Gasteiger partial charge >= 0.3 is 0 Å². The minimum absolute atomic E-state index is 0.622. The first-order chi connectivity index (χ1) is 9.28. The predicted molar refractivity (Wildman–Crippen MR) is 78.1 cm³/mol. The number of rotatable bonds is 3. The second-order valence-electron chi connectivity index (χ2n) is 4.67. The van der Waals surface area contributed by atoms with Gasteiger partial charge in [0, 0.05) is 42.8 Å². The lowest BCUT2D eigenvalue weighted by Crippen LogP contribution is -2.33. The van der Waals surface area contributed by atoms with E-state index in [1.165, 1.54) is 11.3 Å². The van der Waals surface area contributed by atoms with E-state index >= 15 is 0 Å². The standard InChI is InChI=1S/C14H16BrN3O/c1-19-10-11-8-12(2-3-13(11)15)18-7-6-17-5-4-16-14(17)9-18/h2-5,8H,6-7,9-10H2,1H3. The molecule has 0 N–H and O–H groups in total. The van der Waals surface area contributed by atoms with Gasteiger partial charge in [-0.25, -0.2) is 4.98 Å². The van der Waals surface area contributed by atoms with Crippen LogP contribution in [-0.4, -0.2) is 23.2 Å². The summed E-state index contributed by atoms with van der Waals surface area (Å²) in [6.45, 7) is 3.49. The Bertz CT molecular complexity index is 582. The molecule has 1 aliphatic rings. The first-order valence-corrected chi connectivity index (χ1v) is 7.09. The van der Waals surface area contributed by atoms with Crippen LogP contribution in [0, 0.1) is 0 Å². The van der Waals surface area contributed by atoms with Crippen molar-refractivity contribution in [2.24, 2.45) is 0 Å². The quantitative estimate of drug-likeness (QED) is 0.870. The van der Waals surface area contributed by atoms with Crippen molar-refractivity contribution in [2.75, 3.05) is 18.6 Å². The monoisotopic (exact) mass is 321 g/mol. The maximum atomic E-state index is 5.23. The Morgan fingerprint density at radius 2 is 2.26 bits per heavy atom. The second kappa shape index (κ2) is 5.35. The van der Waals surface area contributed by atoms with Crippen LogP contribution >= 0.6 is 15.9 Å². The molecule has 0 radical (unpaired) electrons. The highest BCUT2D eigenvalue weighted by Gasteiger charge is 2.17. The van der Waals surface area contributed by atoms with Crippen molar-refractivity contribution in [3.05, 3.63) is 46.5 Å². The summed E-state index contributed by atoms with van der Waals surface area (Å²) >= 11 is 3.56. The van der Waals surface area contributed by atoms with Gasteiger partial charge in [0.15, 0.2) is 0 Å². The third-order valence-corrected chi connectivity index (χ3v) is 4.21. The molecule has 4 nitrogen and oxygen atoms in total. The number of hydrogen-bond acceptors (Lipinski definition) is 3. The molecule has 2 heterocycles. The summed E-state index contributed by atoms with van der Waals surface area (Å²) in [5.74, 6) is 1.13. The van der Waals surface area contributed by atoms with Gasteiger partial charge in [-0.15, -0.1) is 0 Å². The zero-order valence-corrected chi connectivity index (χ0v) is 12.4. The van der Waals surface area contributed by atoms with Crippen molar-refractivity contribution in [3.8, 4) is 0 Å². The summed E-state index contributed by atoms with van der Waals surface area (Å²) in [4.78, 5) is 6.75. The fourth-order valence-electron chi connectivity index (χ4n) is 2.42. The molecule has 1 aromatic heterocycles. The zero-order valence-electron chi connectivity index (χ0n) is 10.8. The molecule has 0 fully saturated rings.